The smallest absolute Gasteiger partial charge is 0.410 e. The molecule has 1 unspecified atom stereocenters. The van der Waals surface area contributed by atoms with Crippen LogP contribution in [0.1, 0.15) is 53.1 Å². The SMILES string of the molecule is CC(c1ccc(F)cc1Br)N1C[C@H](C)N(C(=O)OC(C)(C)C)C[C@H]1C. The van der Waals surface area contributed by atoms with Gasteiger partial charge in [-0.2, -0.15) is 0 Å². The molecule has 0 radical (unpaired) electrons. The van der Waals surface area contributed by atoms with Gasteiger partial charge in [0.1, 0.15) is 11.4 Å². The summed E-state index contributed by atoms with van der Waals surface area (Å²) in [5.41, 5.74) is 0.551. The normalized spacial score (nSPS) is 23.4. The quantitative estimate of drug-likeness (QED) is 0.683. The first-order valence-corrected chi connectivity index (χ1v) is 9.49. The zero-order valence-electron chi connectivity index (χ0n) is 15.8. The van der Waals surface area contributed by atoms with Gasteiger partial charge in [-0.25, -0.2) is 9.18 Å². The summed E-state index contributed by atoms with van der Waals surface area (Å²) in [6, 6.07) is 5.15. The Kier molecular flexibility index (Phi) is 6.15. The molecule has 2 rings (SSSR count). The van der Waals surface area contributed by atoms with E-state index in [1.807, 2.05) is 33.8 Å². The van der Waals surface area contributed by atoms with Crippen molar-refractivity contribution in [3.8, 4) is 0 Å². The van der Waals surface area contributed by atoms with E-state index in [2.05, 4.69) is 34.7 Å². The number of nitrogens with zero attached hydrogens (tertiary/aromatic N) is 2. The van der Waals surface area contributed by atoms with Gasteiger partial charge >= 0.3 is 6.09 Å². The van der Waals surface area contributed by atoms with Crippen LogP contribution >= 0.6 is 15.9 Å². The first-order chi connectivity index (χ1) is 11.5. The fraction of sp³-hybridized carbons (Fsp3) is 0.632. The van der Waals surface area contributed by atoms with E-state index >= 15 is 0 Å². The van der Waals surface area contributed by atoms with Crippen molar-refractivity contribution in [1.82, 2.24) is 9.80 Å². The lowest BCUT2D eigenvalue weighted by Crippen LogP contribution is -2.59. The second-order valence-electron chi connectivity index (χ2n) is 7.87. The van der Waals surface area contributed by atoms with E-state index in [4.69, 9.17) is 4.74 Å². The molecule has 1 saturated heterocycles. The molecule has 1 amide bonds. The molecule has 3 atom stereocenters. The maximum Gasteiger partial charge on any atom is 0.410 e. The van der Waals surface area contributed by atoms with Gasteiger partial charge in [-0.3, -0.25) is 4.90 Å². The minimum Gasteiger partial charge on any atom is -0.444 e. The Morgan fingerprint density at radius 2 is 1.92 bits per heavy atom. The van der Waals surface area contributed by atoms with Gasteiger partial charge in [0.25, 0.3) is 0 Å². The number of amides is 1. The fourth-order valence-corrected chi connectivity index (χ4v) is 3.97. The van der Waals surface area contributed by atoms with Crippen molar-refractivity contribution in [3.63, 3.8) is 0 Å². The average Bonchev–Trinajstić information content (AvgIpc) is 2.46. The molecule has 6 heteroatoms. The maximum atomic E-state index is 13.4. The van der Waals surface area contributed by atoms with Crippen LogP contribution < -0.4 is 0 Å². The topological polar surface area (TPSA) is 32.8 Å². The molecule has 0 aliphatic carbocycles. The Labute approximate surface area is 158 Å². The summed E-state index contributed by atoms with van der Waals surface area (Å²) in [4.78, 5) is 16.6. The maximum absolute atomic E-state index is 13.4. The second kappa shape index (κ2) is 7.62. The Hall–Kier alpha value is -1.14. The standard InChI is InChI=1S/C19H28BrFN2O2/c1-12-11-23(18(24)25-19(4,5)6)13(2)10-22(12)14(3)16-8-7-15(21)9-17(16)20/h7-9,12-14H,10-11H2,1-6H3/t12-,13+,14?/m1/s1. The number of hydrogen-bond acceptors (Lipinski definition) is 3. The Morgan fingerprint density at radius 3 is 2.48 bits per heavy atom. The monoisotopic (exact) mass is 414 g/mol. The number of carbonyl (C=O) groups excluding carboxylic acids is 1. The molecule has 1 aromatic carbocycles. The number of piperazine rings is 1. The average molecular weight is 415 g/mol. The summed E-state index contributed by atoms with van der Waals surface area (Å²) in [6.07, 6.45) is -0.262. The van der Waals surface area contributed by atoms with Crippen LogP contribution in [-0.4, -0.2) is 46.7 Å². The van der Waals surface area contributed by atoms with Crippen molar-refractivity contribution in [2.75, 3.05) is 13.1 Å². The van der Waals surface area contributed by atoms with E-state index in [-0.39, 0.29) is 30.0 Å². The van der Waals surface area contributed by atoms with E-state index in [1.165, 1.54) is 12.1 Å². The predicted octanol–water partition coefficient (Wildman–Crippen LogP) is 4.98. The minimum atomic E-state index is -0.497. The molecule has 4 nitrogen and oxygen atoms in total. The lowest BCUT2D eigenvalue weighted by atomic mass is 10.0. The molecule has 0 aromatic heterocycles. The van der Waals surface area contributed by atoms with Crippen molar-refractivity contribution in [1.29, 1.82) is 0 Å². The van der Waals surface area contributed by atoms with Crippen LogP contribution in [0.5, 0.6) is 0 Å². The molecule has 1 heterocycles. The summed E-state index contributed by atoms with van der Waals surface area (Å²) < 4.78 is 19.7. The summed E-state index contributed by atoms with van der Waals surface area (Å²) in [6.45, 7) is 13.2. The van der Waals surface area contributed by atoms with Crippen molar-refractivity contribution in [2.24, 2.45) is 0 Å². The Morgan fingerprint density at radius 1 is 1.28 bits per heavy atom. The number of hydrogen-bond donors (Lipinski definition) is 0. The molecule has 0 bridgehead atoms. The molecule has 1 aliphatic rings. The van der Waals surface area contributed by atoms with Gasteiger partial charge in [0.2, 0.25) is 0 Å². The molecule has 0 saturated carbocycles. The third-order valence-corrected chi connectivity index (χ3v) is 5.26. The predicted molar refractivity (Wildman–Crippen MR) is 101 cm³/mol. The molecule has 0 N–H and O–H groups in total. The Bertz CT molecular complexity index is 632. The van der Waals surface area contributed by atoms with Crippen LogP contribution in [0.3, 0.4) is 0 Å². The zero-order chi connectivity index (χ0) is 18.9. The molecule has 1 fully saturated rings. The highest BCUT2D eigenvalue weighted by atomic mass is 79.9. The highest BCUT2D eigenvalue weighted by molar-refractivity contribution is 9.10. The Balaban J connectivity index is 2.12. The van der Waals surface area contributed by atoms with E-state index < -0.39 is 5.60 Å². The van der Waals surface area contributed by atoms with Crippen molar-refractivity contribution < 1.29 is 13.9 Å². The summed E-state index contributed by atoms with van der Waals surface area (Å²) in [5, 5.41) is 0. The van der Waals surface area contributed by atoms with Crippen LogP contribution in [0.4, 0.5) is 9.18 Å². The van der Waals surface area contributed by atoms with E-state index in [0.29, 0.717) is 6.54 Å². The number of ether oxygens (including phenoxy) is 1. The first kappa shape index (κ1) is 20.2. The molecular weight excluding hydrogens is 387 g/mol. The lowest BCUT2D eigenvalue weighted by Gasteiger charge is -2.46. The largest absolute Gasteiger partial charge is 0.444 e. The third-order valence-electron chi connectivity index (χ3n) is 4.57. The van der Waals surface area contributed by atoms with E-state index in [0.717, 1.165) is 16.6 Å². The van der Waals surface area contributed by atoms with Crippen LogP contribution in [0.15, 0.2) is 22.7 Å². The van der Waals surface area contributed by atoms with Gasteiger partial charge in [-0.15, -0.1) is 0 Å². The van der Waals surface area contributed by atoms with Gasteiger partial charge in [0.05, 0.1) is 0 Å². The fourth-order valence-electron chi connectivity index (χ4n) is 3.29. The van der Waals surface area contributed by atoms with Crippen LogP contribution in [0.25, 0.3) is 0 Å². The third kappa shape index (κ3) is 4.94. The second-order valence-corrected chi connectivity index (χ2v) is 8.72. The molecule has 1 aliphatic heterocycles. The number of carbonyl (C=O) groups is 1. The lowest BCUT2D eigenvalue weighted by molar-refractivity contribution is -0.0185. The first-order valence-electron chi connectivity index (χ1n) is 8.70. The van der Waals surface area contributed by atoms with Crippen molar-refractivity contribution in [2.45, 2.75) is 65.3 Å². The molecule has 25 heavy (non-hydrogen) atoms. The van der Waals surface area contributed by atoms with Gasteiger partial charge in [0.15, 0.2) is 0 Å². The van der Waals surface area contributed by atoms with Crippen molar-refractivity contribution >= 4 is 22.0 Å². The molecule has 0 spiro atoms. The van der Waals surface area contributed by atoms with E-state index in [1.54, 1.807) is 4.90 Å². The number of rotatable bonds is 2. The van der Waals surface area contributed by atoms with Crippen LogP contribution in [-0.2, 0) is 4.74 Å². The van der Waals surface area contributed by atoms with Gasteiger partial charge < -0.3 is 9.64 Å². The van der Waals surface area contributed by atoms with Gasteiger partial charge in [-0.05, 0) is 59.2 Å². The highest BCUT2D eigenvalue weighted by Crippen LogP contribution is 2.32. The number of benzene rings is 1. The summed E-state index contributed by atoms with van der Waals surface area (Å²) >= 11 is 3.47. The van der Waals surface area contributed by atoms with E-state index in [9.17, 15) is 9.18 Å². The zero-order valence-corrected chi connectivity index (χ0v) is 17.4. The van der Waals surface area contributed by atoms with Gasteiger partial charge in [-0.1, -0.05) is 22.0 Å². The summed E-state index contributed by atoms with van der Waals surface area (Å²) in [5.74, 6) is -0.251. The van der Waals surface area contributed by atoms with Crippen molar-refractivity contribution in [3.05, 3.63) is 34.1 Å². The van der Waals surface area contributed by atoms with Crippen LogP contribution in [0.2, 0.25) is 0 Å². The minimum absolute atomic E-state index is 0.0488. The molecule has 1 aromatic rings. The highest BCUT2D eigenvalue weighted by Gasteiger charge is 2.36. The van der Waals surface area contributed by atoms with Crippen LogP contribution in [0, 0.1) is 5.82 Å². The molecule has 140 valence electrons. The molecular formula is C19H28BrFN2O2. The summed E-state index contributed by atoms with van der Waals surface area (Å²) in [7, 11) is 0. The number of halogens is 2. The van der Waals surface area contributed by atoms with Gasteiger partial charge in [0, 0.05) is 35.7 Å².